The summed E-state index contributed by atoms with van der Waals surface area (Å²) in [6.45, 7) is 6.84. The van der Waals surface area contributed by atoms with Gasteiger partial charge in [-0.3, -0.25) is 4.99 Å². The smallest absolute Gasteiger partial charge is 0.0962 e. The van der Waals surface area contributed by atoms with Crippen molar-refractivity contribution in [2.24, 2.45) is 16.6 Å². The molecule has 0 spiro atoms. The van der Waals surface area contributed by atoms with Crippen LogP contribution in [0.25, 0.3) is 0 Å². The van der Waals surface area contributed by atoms with Gasteiger partial charge in [0.25, 0.3) is 0 Å². The summed E-state index contributed by atoms with van der Waals surface area (Å²) in [4.78, 5) is 4.22. The molecule has 0 aromatic carbocycles. The van der Waals surface area contributed by atoms with E-state index in [0.717, 1.165) is 25.4 Å². The van der Waals surface area contributed by atoms with Gasteiger partial charge in [-0.05, 0) is 6.42 Å². The van der Waals surface area contributed by atoms with E-state index < -0.39 is 0 Å². The van der Waals surface area contributed by atoms with E-state index in [4.69, 9.17) is 15.2 Å². The fourth-order valence-corrected chi connectivity index (χ4v) is 0.802. The molecule has 0 unspecified atom stereocenters. The van der Waals surface area contributed by atoms with Gasteiger partial charge in [0.1, 0.15) is 0 Å². The van der Waals surface area contributed by atoms with Crippen molar-refractivity contribution in [2.75, 3.05) is 33.5 Å². The van der Waals surface area contributed by atoms with Gasteiger partial charge in [0, 0.05) is 26.2 Å². The van der Waals surface area contributed by atoms with Gasteiger partial charge in [0.05, 0.1) is 19.0 Å². The van der Waals surface area contributed by atoms with Gasteiger partial charge >= 0.3 is 0 Å². The first-order valence-corrected chi connectivity index (χ1v) is 5.05. The molecule has 0 saturated carbocycles. The van der Waals surface area contributed by atoms with E-state index in [1.165, 1.54) is 0 Å². The Morgan fingerprint density at radius 2 is 2.00 bits per heavy atom. The van der Waals surface area contributed by atoms with Crippen LogP contribution in [0, 0.1) is 5.92 Å². The monoisotopic (exact) mass is 202 g/mol. The summed E-state index contributed by atoms with van der Waals surface area (Å²) in [5.74, 6) is 1.06. The Kier molecular flexibility index (Phi) is 8.57. The molecule has 14 heavy (non-hydrogen) atoms. The lowest BCUT2D eigenvalue weighted by Gasteiger charge is -2.04. The molecule has 0 aromatic heterocycles. The molecule has 4 nitrogen and oxygen atoms in total. The van der Waals surface area contributed by atoms with Crippen LogP contribution in [0.1, 0.15) is 20.3 Å². The second-order valence-corrected chi connectivity index (χ2v) is 3.42. The summed E-state index contributed by atoms with van der Waals surface area (Å²) in [7, 11) is 1.66. The average molecular weight is 202 g/mol. The second kappa shape index (κ2) is 8.97. The molecule has 84 valence electrons. The molecule has 0 aromatic rings. The third kappa shape index (κ3) is 8.01. The van der Waals surface area contributed by atoms with Gasteiger partial charge in [-0.25, -0.2) is 0 Å². The summed E-state index contributed by atoms with van der Waals surface area (Å²) in [5.41, 5.74) is 5.67. The Labute approximate surface area is 86.5 Å². The lowest BCUT2D eigenvalue weighted by Crippen LogP contribution is -2.19. The zero-order valence-corrected chi connectivity index (χ0v) is 9.45. The summed E-state index contributed by atoms with van der Waals surface area (Å²) in [6, 6.07) is 0. The highest BCUT2D eigenvalue weighted by Gasteiger charge is 1.97. The predicted molar refractivity (Wildman–Crippen MR) is 58.6 cm³/mol. The Hall–Kier alpha value is -0.610. The van der Waals surface area contributed by atoms with Crippen molar-refractivity contribution >= 4 is 5.84 Å². The molecule has 0 aliphatic rings. The third-order valence-corrected chi connectivity index (χ3v) is 1.76. The number of nitrogens with two attached hydrogens (primary N) is 1. The zero-order chi connectivity index (χ0) is 10.8. The van der Waals surface area contributed by atoms with E-state index in [1.54, 1.807) is 7.11 Å². The zero-order valence-electron chi connectivity index (χ0n) is 9.45. The molecule has 0 atom stereocenters. The first-order valence-electron chi connectivity index (χ1n) is 5.05. The Balaban J connectivity index is 3.24. The second-order valence-electron chi connectivity index (χ2n) is 3.42. The molecular weight excluding hydrogens is 180 g/mol. The number of hydrogen-bond donors (Lipinski definition) is 1. The fraction of sp³-hybridized carbons (Fsp3) is 0.900. The minimum Gasteiger partial charge on any atom is -0.387 e. The number of methoxy groups -OCH3 is 1. The van der Waals surface area contributed by atoms with Crippen LogP contribution < -0.4 is 5.73 Å². The summed E-state index contributed by atoms with van der Waals surface area (Å²) in [5, 5.41) is 0. The molecule has 0 bridgehead atoms. The standard InChI is InChI=1S/C10H22N2O2/c1-9(2)10(11)12-5-4-6-14-8-7-13-3/h9H,4-8H2,1-3H3,(H2,11,12). The number of nitrogens with zero attached hydrogens (tertiary/aromatic N) is 1. The van der Waals surface area contributed by atoms with Crippen LogP contribution in [0.3, 0.4) is 0 Å². The first kappa shape index (κ1) is 13.4. The Morgan fingerprint density at radius 3 is 2.57 bits per heavy atom. The Morgan fingerprint density at radius 1 is 1.29 bits per heavy atom. The molecule has 0 heterocycles. The number of hydrogen-bond acceptors (Lipinski definition) is 3. The number of ether oxygens (including phenoxy) is 2. The molecule has 0 aliphatic carbocycles. The third-order valence-electron chi connectivity index (χ3n) is 1.76. The van der Waals surface area contributed by atoms with Crippen molar-refractivity contribution in [1.82, 2.24) is 0 Å². The Bertz CT molecular complexity index is 158. The molecule has 0 amide bonds. The molecule has 0 rings (SSSR count). The average Bonchev–Trinajstić information content (AvgIpc) is 2.16. The molecule has 0 fully saturated rings. The van der Waals surface area contributed by atoms with Gasteiger partial charge in [-0.15, -0.1) is 0 Å². The van der Waals surface area contributed by atoms with Crippen LogP contribution in [0.5, 0.6) is 0 Å². The van der Waals surface area contributed by atoms with E-state index in [1.807, 2.05) is 13.8 Å². The maximum absolute atomic E-state index is 5.67. The van der Waals surface area contributed by atoms with Crippen molar-refractivity contribution in [3.05, 3.63) is 0 Å². The van der Waals surface area contributed by atoms with E-state index in [0.29, 0.717) is 19.1 Å². The van der Waals surface area contributed by atoms with E-state index >= 15 is 0 Å². The largest absolute Gasteiger partial charge is 0.387 e. The quantitative estimate of drug-likeness (QED) is 0.363. The molecule has 0 aliphatic heterocycles. The first-order chi connectivity index (χ1) is 6.68. The molecule has 2 N–H and O–H groups in total. The van der Waals surface area contributed by atoms with E-state index in [2.05, 4.69) is 4.99 Å². The van der Waals surface area contributed by atoms with E-state index in [9.17, 15) is 0 Å². The van der Waals surface area contributed by atoms with E-state index in [-0.39, 0.29) is 0 Å². The minimum absolute atomic E-state index is 0.337. The van der Waals surface area contributed by atoms with Crippen LogP contribution in [0.2, 0.25) is 0 Å². The lowest BCUT2D eigenvalue weighted by molar-refractivity contribution is 0.0702. The van der Waals surface area contributed by atoms with Crippen LogP contribution in [-0.4, -0.2) is 39.3 Å². The molecule has 4 heteroatoms. The maximum atomic E-state index is 5.67. The maximum Gasteiger partial charge on any atom is 0.0962 e. The SMILES string of the molecule is COCCOCCCN=C(N)C(C)C. The van der Waals surface area contributed by atoms with Crippen molar-refractivity contribution in [3.8, 4) is 0 Å². The summed E-state index contributed by atoms with van der Waals surface area (Å²) in [6.07, 6.45) is 0.914. The van der Waals surface area contributed by atoms with Gasteiger partial charge in [-0.2, -0.15) is 0 Å². The van der Waals surface area contributed by atoms with Crippen molar-refractivity contribution < 1.29 is 9.47 Å². The minimum atomic E-state index is 0.337. The topological polar surface area (TPSA) is 56.8 Å². The van der Waals surface area contributed by atoms with Crippen LogP contribution in [0.15, 0.2) is 4.99 Å². The molecule has 0 saturated heterocycles. The molecule has 0 radical (unpaired) electrons. The van der Waals surface area contributed by atoms with Gasteiger partial charge in [0.15, 0.2) is 0 Å². The number of rotatable bonds is 8. The highest BCUT2D eigenvalue weighted by atomic mass is 16.5. The normalized spacial score (nSPS) is 12.4. The summed E-state index contributed by atoms with van der Waals surface area (Å²) < 4.78 is 10.1. The molecular formula is C10H22N2O2. The van der Waals surface area contributed by atoms with Gasteiger partial charge < -0.3 is 15.2 Å². The van der Waals surface area contributed by atoms with Crippen molar-refractivity contribution in [2.45, 2.75) is 20.3 Å². The highest BCUT2D eigenvalue weighted by molar-refractivity contribution is 5.82. The van der Waals surface area contributed by atoms with Gasteiger partial charge in [-0.1, -0.05) is 13.8 Å². The number of aliphatic imine (C=N–C) groups is 1. The van der Waals surface area contributed by atoms with Crippen LogP contribution in [-0.2, 0) is 9.47 Å². The fourth-order valence-electron chi connectivity index (χ4n) is 0.802. The lowest BCUT2D eigenvalue weighted by atomic mass is 10.2. The number of amidine groups is 1. The van der Waals surface area contributed by atoms with Gasteiger partial charge in [0.2, 0.25) is 0 Å². The van der Waals surface area contributed by atoms with Crippen molar-refractivity contribution in [3.63, 3.8) is 0 Å². The predicted octanol–water partition coefficient (Wildman–Crippen LogP) is 1.05. The summed E-state index contributed by atoms with van der Waals surface area (Å²) >= 11 is 0. The van der Waals surface area contributed by atoms with Crippen LogP contribution in [0.4, 0.5) is 0 Å². The van der Waals surface area contributed by atoms with Crippen molar-refractivity contribution in [1.29, 1.82) is 0 Å². The highest BCUT2D eigenvalue weighted by Crippen LogP contribution is 1.92. The van der Waals surface area contributed by atoms with Crippen LogP contribution >= 0.6 is 0 Å².